The fourth-order valence-corrected chi connectivity index (χ4v) is 3.42. The van der Waals surface area contributed by atoms with Gasteiger partial charge >= 0.3 is 0 Å². The number of aliphatic hydroxyl groups is 2. The van der Waals surface area contributed by atoms with E-state index in [1.807, 2.05) is 30.3 Å². The molecule has 4 N–H and O–H groups in total. The van der Waals surface area contributed by atoms with Crippen LogP contribution < -0.4 is 15.5 Å². The van der Waals surface area contributed by atoms with Crippen LogP contribution in [0.2, 0.25) is 0 Å². The maximum atomic E-state index is 12.5. The number of amides is 3. The highest BCUT2D eigenvalue weighted by molar-refractivity contribution is 5.90. The minimum atomic E-state index is -1.84. The molecule has 0 unspecified atom stereocenters. The number of allylic oxidation sites excluding steroid dienone is 1. The van der Waals surface area contributed by atoms with E-state index in [1.54, 1.807) is 0 Å². The molecular weight excluding hydrogens is 424 g/mol. The molecule has 0 spiro atoms. The Morgan fingerprint density at radius 1 is 0.970 bits per heavy atom. The Bertz CT molecular complexity index is 821. The van der Waals surface area contributed by atoms with Gasteiger partial charge in [-0.1, -0.05) is 37.4 Å². The van der Waals surface area contributed by atoms with Crippen LogP contribution in [-0.4, -0.2) is 84.3 Å². The van der Waals surface area contributed by atoms with Gasteiger partial charge < -0.3 is 30.6 Å². The number of carbonyl (C=O) groups excluding carboxylic acids is 3. The monoisotopic (exact) mass is 458 g/mol. The van der Waals surface area contributed by atoms with Gasteiger partial charge in [-0.3, -0.25) is 14.4 Å². The summed E-state index contributed by atoms with van der Waals surface area (Å²) in [5, 5.41) is 25.6. The molecular formula is C24H34N4O5. The van der Waals surface area contributed by atoms with Gasteiger partial charge in [0.2, 0.25) is 5.91 Å². The summed E-state index contributed by atoms with van der Waals surface area (Å²) in [7, 11) is 0. The predicted molar refractivity (Wildman–Crippen MR) is 126 cm³/mol. The molecule has 33 heavy (non-hydrogen) atoms. The molecule has 1 aromatic carbocycles. The van der Waals surface area contributed by atoms with Gasteiger partial charge in [-0.05, 0) is 30.5 Å². The number of para-hydroxylation sites is 1. The zero-order valence-electron chi connectivity index (χ0n) is 18.9. The summed E-state index contributed by atoms with van der Waals surface area (Å²) in [4.78, 5) is 39.9. The molecule has 3 amide bonds. The highest BCUT2D eigenvalue weighted by atomic mass is 16.3. The van der Waals surface area contributed by atoms with Gasteiger partial charge in [0.15, 0.2) is 12.2 Å². The number of nitrogens with one attached hydrogen (secondary N) is 2. The SMILES string of the molecule is C=CC(=C)CC(=O)NCCCCNC(=O)[C@H](O)[C@@H](O)C(=O)N1CCN(c2ccccc2)CC1. The summed E-state index contributed by atoms with van der Waals surface area (Å²) < 4.78 is 0. The van der Waals surface area contributed by atoms with E-state index in [0.717, 1.165) is 5.69 Å². The van der Waals surface area contributed by atoms with E-state index in [2.05, 4.69) is 28.7 Å². The maximum Gasteiger partial charge on any atom is 0.254 e. The lowest BCUT2D eigenvalue weighted by Crippen LogP contribution is -2.55. The van der Waals surface area contributed by atoms with Crippen molar-refractivity contribution in [1.29, 1.82) is 0 Å². The van der Waals surface area contributed by atoms with Crippen molar-refractivity contribution in [2.24, 2.45) is 0 Å². The van der Waals surface area contributed by atoms with Crippen molar-refractivity contribution >= 4 is 23.4 Å². The van der Waals surface area contributed by atoms with Crippen LogP contribution in [-0.2, 0) is 14.4 Å². The van der Waals surface area contributed by atoms with Gasteiger partial charge in [0.25, 0.3) is 11.8 Å². The number of rotatable bonds is 12. The summed E-state index contributed by atoms with van der Waals surface area (Å²) in [5.41, 5.74) is 1.70. The second kappa shape index (κ2) is 13.4. The van der Waals surface area contributed by atoms with Crippen LogP contribution in [0.4, 0.5) is 5.69 Å². The minimum Gasteiger partial charge on any atom is -0.380 e. The topological polar surface area (TPSA) is 122 Å². The van der Waals surface area contributed by atoms with Crippen molar-refractivity contribution in [3.05, 3.63) is 55.1 Å². The molecule has 2 rings (SSSR count). The Morgan fingerprint density at radius 2 is 1.58 bits per heavy atom. The van der Waals surface area contributed by atoms with E-state index in [-0.39, 0.29) is 18.9 Å². The summed E-state index contributed by atoms with van der Waals surface area (Å²) in [6, 6.07) is 9.82. The molecule has 9 heteroatoms. The van der Waals surface area contributed by atoms with Gasteiger partial charge in [-0.2, -0.15) is 0 Å². The average molecular weight is 459 g/mol. The fourth-order valence-electron chi connectivity index (χ4n) is 3.42. The van der Waals surface area contributed by atoms with Crippen LogP contribution in [0.1, 0.15) is 19.3 Å². The number of benzene rings is 1. The Balaban J connectivity index is 1.65. The molecule has 1 aliphatic rings. The summed E-state index contributed by atoms with van der Waals surface area (Å²) >= 11 is 0. The van der Waals surface area contributed by atoms with Crippen LogP contribution in [0.3, 0.4) is 0 Å². The maximum absolute atomic E-state index is 12.5. The average Bonchev–Trinajstić information content (AvgIpc) is 2.85. The van der Waals surface area contributed by atoms with Crippen LogP contribution >= 0.6 is 0 Å². The second-order valence-corrected chi connectivity index (χ2v) is 7.92. The zero-order chi connectivity index (χ0) is 24.2. The molecule has 1 saturated heterocycles. The van der Waals surface area contributed by atoms with Crippen molar-refractivity contribution in [3.63, 3.8) is 0 Å². The molecule has 2 atom stereocenters. The summed E-state index contributed by atoms with van der Waals surface area (Å²) in [6.45, 7) is 9.91. The number of aliphatic hydroxyl groups excluding tert-OH is 2. The van der Waals surface area contributed by atoms with Crippen molar-refractivity contribution in [3.8, 4) is 0 Å². The highest BCUT2D eigenvalue weighted by Crippen LogP contribution is 2.16. The van der Waals surface area contributed by atoms with Gasteiger partial charge in [-0.15, -0.1) is 0 Å². The Labute approximate surface area is 194 Å². The molecule has 1 aromatic rings. The lowest BCUT2D eigenvalue weighted by atomic mass is 10.1. The number of hydrogen-bond acceptors (Lipinski definition) is 6. The van der Waals surface area contributed by atoms with Crippen molar-refractivity contribution in [2.75, 3.05) is 44.2 Å². The summed E-state index contributed by atoms with van der Waals surface area (Å²) in [6.07, 6.45) is -0.744. The van der Waals surface area contributed by atoms with Gasteiger partial charge in [0, 0.05) is 45.0 Å². The molecule has 180 valence electrons. The molecule has 0 aromatic heterocycles. The number of unbranched alkanes of at least 4 members (excludes halogenated alkanes) is 1. The van der Waals surface area contributed by atoms with Gasteiger partial charge in [0.1, 0.15) is 0 Å². The molecule has 0 saturated carbocycles. The first-order valence-corrected chi connectivity index (χ1v) is 11.1. The normalized spacial score (nSPS) is 15.3. The first-order chi connectivity index (χ1) is 15.8. The van der Waals surface area contributed by atoms with Crippen LogP contribution in [0.5, 0.6) is 0 Å². The van der Waals surface area contributed by atoms with Crippen LogP contribution in [0.25, 0.3) is 0 Å². The zero-order valence-corrected chi connectivity index (χ0v) is 18.9. The van der Waals surface area contributed by atoms with Crippen molar-refractivity contribution in [2.45, 2.75) is 31.5 Å². The van der Waals surface area contributed by atoms with Crippen molar-refractivity contribution in [1.82, 2.24) is 15.5 Å². The molecule has 0 bridgehead atoms. The van der Waals surface area contributed by atoms with E-state index in [9.17, 15) is 24.6 Å². The first kappa shape index (κ1) is 26.1. The Hall–Kier alpha value is -3.17. The fraction of sp³-hybridized carbons (Fsp3) is 0.458. The number of nitrogens with zero attached hydrogens (tertiary/aromatic N) is 2. The number of hydrogen-bond donors (Lipinski definition) is 4. The number of anilines is 1. The molecule has 0 aliphatic carbocycles. The third-order valence-electron chi connectivity index (χ3n) is 5.43. The quantitative estimate of drug-likeness (QED) is 0.262. The van der Waals surface area contributed by atoms with E-state index >= 15 is 0 Å². The molecule has 1 aliphatic heterocycles. The van der Waals surface area contributed by atoms with E-state index in [4.69, 9.17) is 0 Å². The summed E-state index contributed by atoms with van der Waals surface area (Å²) in [5.74, 6) is -1.61. The van der Waals surface area contributed by atoms with E-state index in [1.165, 1.54) is 11.0 Å². The van der Waals surface area contributed by atoms with Crippen LogP contribution in [0, 0.1) is 0 Å². The smallest absolute Gasteiger partial charge is 0.254 e. The number of carbonyl (C=O) groups is 3. The minimum absolute atomic E-state index is 0.148. The molecule has 1 heterocycles. The van der Waals surface area contributed by atoms with Crippen LogP contribution in [0.15, 0.2) is 55.1 Å². The van der Waals surface area contributed by atoms with Gasteiger partial charge in [0.05, 0.1) is 6.42 Å². The Morgan fingerprint density at radius 3 is 2.18 bits per heavy atom. The lowest BCUT2D eigenvalue weighted by molar-refractivity contribution is -0.153. The largest absolute Gasteiger partial charge is 0.380 e. The highest BCUT2D eigenvalue weighted by Gasteiger charge is 2.34. The predicted octanol–water partition coefficient (Wildman–Crippen LogP) is 0.202. The third kappa shape index (κ3) is 8.36. The standard InChI is InChI=1S/C24H34N4O5/c1-3-18(2)17-20(29)25-11-7-8-12-26-23(32)21(30)22(31)24(33)28-15-13-27(14-16-28)19-9-5-4-6-10-19/h3-6,9-10,21-22,30-31H,1-2,7-8,11-17H2,(H,25,29)(H,26,32)/t21-,22-/m1/s1. The molecule has 1 fully saturated rings. The lowest BCUT2D eigenvalue weighted by Gasteiger charge is -2.37. The third-order valence-corrected chi connectivity index (χ3v) is 5.43. The molecule has 9 nitrogen and oxygen atoms in total. The van der Waals surface area contributed by atoms with E-state index in [0.29, 0.717) is 51.1 Å². The van der Waals surface area contributed by atoms with E-state index < -0.39 is 24.0 Å². The first-order valence-electron chi connectivity index (χ1n) is 11.1. The Kier molecular flexibility index (Phi) is 10.6. The van der Waals surface area contributed by atoms with Crippen molar-refractivity contribution < 1.29 is 24.6 Å². The number of piperazine rings is 1. The molecule has 0 radical (unpaired) electrons. The van der Waals surface area contributed by atoms with Gasteiger partial charge in [-0.25, -0.2) is 0 Å². The second-order valence-electron chi connectivity index (χ2n) is 7.92.